The highest BCUT2D eigenvalue weighted by Crippen LogP contribution is 2.13. The maximum absolute atomic E-state index is 11.5. The molecule has 0 bridgehead atoms. The fraction of sp³-hybridized carbons (Fsp3) is 0.600. The zero-order chi connectivity index (χ0) is 9.97. The lowest BCUT2D eigenvalue weighted by Gasteiger charge is -2.20. The molecule has 0 aliphatic carbocycles. The highest BCUT2D eigenvalue weighted by molar-refractivity contribution is 5.82. The SMILES string of the molecule is Cc1nc(CC2CNCCC2=O)co1. The Balaban J connectivity index is 1.99. The molecular formula is C10H14N2O2. The number of Topliss-reactive ketones (excluding diaryl/α,β-unsaturated/α-hetero) is 1. The Morgan fingerprint density at radius 1 is 1.71 bits per heavy atom. The molecule has 1 aliphatic rings. The van der Waals surface area contributed by atoms with E-state index in [0.29, 0.717) is 24.5 Å². The van der Waals surface area contributed by atoms with E-state index >= 15 is 0 Å². The first kappa shape index (κ1) is 9.40. The summed E-state index contributed by atoms with van der Waals surface area (Å²) in [7, 11) is 0. The second-order valence-electron chi connectivity index (χ2n) is 3.68. The summed E-state index contributed by atoms with van der Waals surface area (Å²) in [4.78, 5) is 15.7. The third kappa shape index (κ3) is 2.01. The number of carbonyl (C=O) groups is 1. The largest absolute Gasteiger partial charge is 0.449 e. The summed E-state index contributed by atoms with van der Waals surface area (Å²) in [6, 6.07) is 0. The van der Waals surface area contributed by atoms with E-state index in [-0.39, 0.29) is 5.92 Å². The van der Waals surface area contributed by atoms with Crippen molar-refractivity contribution in [1.29, 1.82) is 0 Å². The molecule has 1 aromatic rings. The molecule has 4 heteroatoms. The standard InChI is InChI=1S/C10H14N2O2/c1-7-12-9(6-14-7)4-8-5-11-3-2-10(8)13/h6,8,11H,2-5H2,1H3. The minimum absolute atomic E-state index is 0.0771. The molecule has 2 rings (SSSR count). The summed E-state index contributed by atoms with van der Waals surface area (Å²) in [5.41, 5.74) is 0.879. The normalized spacial score (nSPS) is 22.6. The van der Waals surface area contributed by atoms with Gasteiger partial charge in [-0.1, -0.05) is 0 Å². The number of aryl methyl sites for hydroxylation is 1. The van der Waals surface area contributed by atoms with E-state index < -0.39 is 0 Å². The smallest absolute Gasteiger partial charge is 0.191 e. The zero-order valence-electron chi connectivity index (χ0n) is 8.25. The lowest BCUT2D eigenvalue weighted by molar-refractivity contribution is -0.123. The number of carbonyl (C=O) groups excluding carboxylic acids is 1. The molecular weight excluding hydrogens is 180 g/mol. The van der Waals surface area contributed by atoms with Crippen LogP contribution in [0.15, 0.2) is 10.7 Å². The first-order chi connectivity index (χ1) is 6.75. The van der Waals surface area contributed by atoms with Crippen molar-refractivity contribution in [1.82, 2.24) is 10.3 Å². The molecule has 1 unspecified atom stereocenters. The Kier molecular flexibility index (Phi) is 2.63. The van der Waals surface area contributed by atoms with E-state index in [1.807, 2.05) is 6.92 Å². The van der Waals surface area contributed by atoms with Gasteiger partial charge in [-0.15, -0.1) is 0 Å². The van der Waals surface area contributed by atoms with Crippen LogP contribution in [-0.4, -0.2) is 23.9 Å². The lowest BCUT2D eigenvalue weighted by Crippen LogP contribution is -2.38. The molecule has 1 aromatic heterocycles. The Labute approximate surface area is 82.7 Å². The number of hydrogen-bond acceptors (Lipinski definition) is 4. The molecule has 0 aromatic carbocycles. The van der Waals surface area contributed by atoms with Gasteiger partial charge in [0.15, 0.2) is 5.89 Å². The monoisotopic (exact) mass is 194 g/mol. The van der Waals surface area contributed by atoms with Gasteiger partial charge in [-0.3, -0.25) is 4.79 Å². The predicted octanol–water partition coefficient (Wildman–Crippen LogP) is 0.704. The summed E-state index contributed by atoms with van der Waals surface area (Å²) < 4.78 is 5.10. The predicted molar refractivity (Wildman–Crippen MR) is 50.9 cm³/mol. The topological polar surface area (TPSA) is 55.1 Å². The molecule has 1 N–H and O–H groups in total. The number of piperidine rings is 1. The highest BCUT2D eigenvalue weighted by atomic mass is 16.3. The fourth-order valence-corrected chi connectivity index (χ4v) is 1.75. The summed E-state index contributed by atoms with van der Waals surface area (Å²) in [5.74, 6) is 1.08. The highest BCUT2D eigenvalue weighted by Gasteiger charge is 2.22. The molecule has 1 saturated heterocycles. The van der Waals surface area contributed by atoms with Gasteiger partial charge in [-0.05, 0) is 0 Å². The van der Waals surface area contributed by atoms with Crippen molar-refractivity contribution in [3.63, 3.8) is 0 Å². The minimum Gasteiger partial charge on any atom is -0.449 e. The minimum atomic E-state index is 0.0771. The summed E-state index contributed by atoms with van der Waals surface area (Å²) >= 11 is 0. The number of rotatable bonds is 2. The Hall–Kier alpha value is -1.16. The third-order valence-corrected chi connectivity index (χ3v) is 2.52. The molecule has 1 aliphatic heterocycles. The van der Waals surface area contributed by atoms with E-state index in [1.54, 1.807) is 6.26 Å². The van der Waals surface area contributed by atoms with Crippen LogP contribution in [0.4, 0.5) is 0 Å². The van der Waals surface area contributed by atoms with Gasteiger partial charge in [-0.2, -0.15) is 0 Å². The second kappa shape index (κ2) is 3.92. The van der Waals surface area contributed by atoms with Crippen molar-refractivity contribution >= 4 is 5.78 Å². The Morgan fingerprint density at radius 2 is 2.57 bits per heavy atom. The molecule has 2 heterocycles. The van der Waals surface area contributed by atoms with Crippen molar-refractivity contribution < 1.29 is 9.21 Å². The van der Waals surface area contributed by atoms with Gasteiger partial charge in [-0.25, -0.2) is 4.98 Å². The van der Waals surface area contributed by atoms with Crippen LogP contribution >= 0.6 is 0 Å². The van der Waals surface area contributed by atoms with Crippen molar-refractivity contribution in [2.45, 2.75) is 19.8 Å². The van der Waals surface area contributed by atoms with Gasteiger partial charge in [0.2, 0.25) is 0 Å². The van der Waals surface area contributed by atoms with Crippen LogP contribution in [0.5, 0.6) is 0 Å². The first-order valence-electron chi connectivity index (χ1n) is 4.90. The van der Waals surface area contributed by atoms with Crippen molar-refractivity contribution in [2.24, 2.45) is 5.92 Å². The van der Waals surface area contributed by atoms with Crippen LogP contribution in [0.3, 0.4) is 0 Å². The fourth-order valence-electron chi connectivity index (χ4n) is 1.75. The van der Waals surface area contributed by atoms with E-state index in [2.05, 4.69) is 10.3 Å². The van der Waals surface area contributed by atoms with Crippen LogP contribution in [0.25, 0.3) is 0 Å². The van der Waals surface area contributed by atoms with Crippen LogP contribution in [0.2, 0.25) is 0 Å². The van der Waals surface area contributed by atoms with Gasteiger partial charge in [0.05, 0.1) is 5.69 Å². The average molecular weight is 194 g/mol. The maximum Gasteiger partial charge on any atom is 0.191 e. The number of hydrogen-bond donors (Lipinski definition) is 1. The van der Waals surface area contributed by atoms with Gasteiger partial charge in [0, 0.05) is 38.8 Å². The van der Waals surface area contributed by atoms with E-state index in [0.717, 1.165) is 18.8 Å². The van der Waals surface area contributed by atoms with E-state index in [4.69, 9.17) is 4.42 Å². The van der Waals surface area contributed by atoms with Gasteiger partial charge >= 0.3 is 0 Å². The quantitative estimate of drug-likeness (QED) is 0.753. The Morgan fingerprint density at radius 3 is 3.21 bits per heavy atom. The maximum atomic E-state index is 11.5. The number of oxazole rings is 1. The van der Waals surface area contributed by atoms with Crippen molar-refractivity contribution in [2.75, 3.05) is 13.1 Å². The van der Waals surface area contributed by atoms with Crippen LogP contribution in [0.1, 0.15) is 18.0 Å². The molecule has 1 fully saturated rings. The molecule has 1 atom stereocenters. The Bertz CT molecular complexity index is 333. The molecule has 0 spiro atoms. The summed E-state index contributed by atoms with van der Waals surface area (Å²) in [6.45, 7) is 3.39. The van der Waals surface area contributed by atoms with Gasteiger partial charge in [0.1, 0.15) is 12.0 Å². The van der Waals surface area contributed by atoms with Crippen LogP contribution < -0.4 is 5.32 Å². The molecule has 0 saturated carbocycles. The number of ketones is 1. The third-order valence-electron chi connectivity index (χ3n) is 2.52. The first-order valence-corrected chi connectivity index (χ1v) is 4.90. The second-order valence-corrected chi connectivity index (χ2v) is 3.68. The number of nitrogens with zero attached hydrogens (tertiary/aromatic N) is 1. The molecule has 0 radical (unpaired) electrons. The van der Waals surface area contributed by atoms with E-state index in [1.165, 1.54) is 0 Å². The van der Waals surface area contributed by atoms with Crippen LogP contribution in [-0.2, 0) is 11.2 Å². The average Bonchev–Trinajstić information content (AvgIpc) is 2.56. The number of nitrogens with one attached hydrogen (secondary N) is 1. The van der Waals surface area contributed by atoms with Crippen molar-refractivity contribution in [3.05, 3.63) is 17.8 Å². The summed E-state index contributed by atoms with van der Waals surface area (Å²) in [6.07, 6.45) is 2.97. The van der Waals surface area contributed by atoms with Gasteiger partial charge in [0.25, 0.3) is 0 Å². The zero-order valence-corrected chi connectivity index (χ0v) is 8.25. The molecule has 0 amide bonds. The number of aromatic nitrogens is 1. The molecule has 4 nitrogen and oxygen atoms in total. The van der Waals surface area contributed by atoms with Crippen molar-refractivity contribution in [3.8, 4) is 0 Å². The van der Waals surface area contributed by atoms with E-state index in [9.17, 15) is 4.79 Å². The summed E-state index contributed by atoms with van der Waals surface area (Å²) in [5, 5.41) is 3.21. The molecule has 76 valence electrons. The van der Waals surface area contributed by atoms with Gasteiger partial charge < -0.3 is 9.73 Å². The molecule has 14 heavy (non-hydrogen) atoms. The van der Waals surface area contributed by atoms with Crippen LogP contribution in [0, 0.1) is 12.8 Å². The lowest BCUT2D eigenvalue weighted by atomic mass is 9.93.